The predicted octanol–water partition coefficient (Wildman–Crippen LogP) is 7.33. The van der Waals surface area contributed by atoms with Crippen LogP contribution in [0.3, 0.4) is 0 Å². The number of hydrogen-bond donors (Lipinski definition) is 1. The Morgan fingerprint density at radius 3 is 2.21 bits per heavy atom. The Bertz CT molecular complexity index is 1280. The quantitative estimate of drug-likeness (QED) is 0.243. The molecule has 33 heavy (non-hydrogen) atoms. The fraction of sp³-hybridized carbons (Fsp3) is 0.0357. The van der Waals surface area contributed by atoms with Gasteiger partial charge in [-0.25, -0.2) is 4.39 Å². The molecule has 0 fully saturated rings. The van der Waals surface area contributed by atoms with E-state index in [-0.39, 0.29) is 11.7 Å². The number of amides is 1. The lowest BCUT2D eigenvalue weighted by atomic mass is 9.98. The molecular formula is C28H21ClFNO2. The van der Waals surface area contributed by atoms with Crippen LogP contribution in [0.25, 0.3) is 22.8 Å². The van der Waals surface area contributed by atoms with Gasteiger partial charge in [0.25, 0.3) is 5.91 Å². The lowest BCUT2D eigenvalue weighted by Gasteiger charge is -2.13. The monoisotopic (exact) mass is 457 g/mol. The Morgan fingerprint density at radius 2 is 1.55 bits per heavy atom. The number of nitrogens with one attached hydrogen (secondary N) is 1. The van der Waals surface area contributed by atoms with Gasteiger partial charge in [-0.1, -0.05) is 78.3 Å². The molecule has 0 radical (unpaired) electrons. The van der Waals surface area contributed by atoms with Crippen LogP contribution >= 0.6 is 11.6 Å². The summed E-state index contributed by atoms with van der Waals surface area (Å²) in [4.78, 5) is 13.4. The van der Waals surface area contributed by atoms with Crippen molar-refractivity contribution in [2.75, 3.05) is 12.4 Å². The average Bonchev–Trinajstić information content (AvgIpc) is 2.84. The third kappa shape index (κ3) is 5.48. The first-order valence-corrected chi connectivity index (χ1v) is 10.7. The first kappa shape index (κ1) is 22.3. The molecular weight excluding hydrogens is 437 g/mol. The SMILES string of the molecule is COc1ccc(Cl)cc1NC(=O)C(=Cc1ccc(F)cc1)c1ccc(-c2ccccc2)cc1. The molecule has 0 atom stereocenters. The lowest BCUT2D eigenvalue weighted by molar-refractivity contribution is -0.111. The second kappa shape index (κ2) is 10.2. The maximum atomic E-state index is 13.4. The Balaban J connectivity index is 1.72. The summed E-state index contributed by atoms with van der Waals surface area (Å²) in [6, 6.07) is 28.7. The highest BCUT2D eigenvalue weighted by Crippen LogP contribution is 2.30. The molecule has 0 heterocycles. The minimum atomic E-state index is -0.340. The molecule has 0 unspecified atom stereocenters. The Hall–Kier alpha value is -3.89. The minimum absolute atomic E-state index is 0.339. The molecule has 0 saturated carbocycles. The van der Waals surface area contributed by atoms with E-state index < -0.39 is 0 Å². The van der Waals surface area contributed by atoms with Crippen molar-refractivity contribution < 1.29 is 13.9 Å². The van der Waals surface area contributed by atoms with Gasteiger partial charge in [-0.15, -0.1) is 0 Å². The van der Waals surface area contributed by atoms with Crippen molar-refractivity contribution in [3.63, 3.8) is 0 Å². The van der Waals surface area contributed by atoms with Crippen LogP contribution in [0.1, 0.15) is 11.1 Å². The lowest BCUT2D eigenvalue weighted by Crippen LogP contribution is -2.14. The van der Waals surface area contributed by atoms with E-state index in [2.05, 4.69) is 5.32 Å². The molecule has 4 aromatic carbocycles. The van der Waals surface area contributed by atoms with Crippen molar-refractivity contribution in [1.82, 2.24) is 0 Å². The van der Waals surface area contributed by atoms with Gasteiger partial charge in [-0.05, 0) is 58.7 Å². The Morgan fingerprint density at radius 1 is 0.879 bits per heavy atom. The molecule has 1 N–H and O–H groups in total. The van der Waals surface area contributed by atoms with Gasteiger partial charge in [0.05, 0.1) is 12.8 Å². The van der Waals surface area contributed by atoms with Crippen molar-refractivity contribution in [2.24, 2.45) is 0 Å². The van der Waals surface area contributed by atoms with E-state index >= 15 is 0 Å². The maximum Gasteiger partial charge on any atom is 0.256 e. The molecule has 0 saturated heterocycles. The van der Waals surface area contributed by atoms with Crippen molar-refractivity contribution in [3.8, 4) is 16.9 Å². The fourth-order valence-electron chi connectivity index (χ4n) is 3.45. The van der Waals surface area contributed by atoms with Gasteiger partial charge in [0.2, 0.25) is 0 Å². The summed E-state index contributed by atoms with van der Waals surface area (Å²) in [5, 5.41) is 3.36. The minimum Gasteiger partial charge on any atom is -0.495 e. The van der Waals surface area contributed by atoms with Gasteiger partial charge < -0.3 is 10.1 Å². The molecule has 0 aliphatic heterocycles. The first-order chi connectivity index (χ1) is 16.0. The van der Waals surface area contributed by atoms with Gasteiger partial charge in [0.15, 0.2) is 0 Å². The molecule has 0 spiro atoms. The number of anilines is 1. The van der Waals surface area contributed by atoms with E-state index in [1.165, 1.54) is 19.2 Å². The zero-order valence-corrected chi connectivity index (χ0v) is 18.6. The smallest absolute Gasteiger partial charge is 0.256 e. The summed E-state index contributed by atoms with van der Waals surface area (Å²) < 4.78 is 18.7. The first-order valence-electron chi connectivity index (χ1n) is 10.3. The van der Waals surface area contributed by atoms with E-state index in [9.17, 15) is 9.18 Å². The number of rotatable bonds is 6. The second-order valence-corrected chi connectivity index (χ2v) is 7.79. The number of ether oxygens (including phenoxy) is 1. The molecule has 0 aromatic heterocycles. The van der Waals surface area contributed by atoms with Crippen LogP contribution in [0.2, 0.25) is 5.02 Å². The molecule has 5 heteroatoms. The maximum absolute atomic E-state index is 13.4. The summed E-state index contributed by atoms with van der Waals surface area (Å²) in [5.41, 5.74) is 4.42. The van der Waals surface area contributed by atoms with Gasteiger partial charge >= 0.3 is 0 Å². The average molecular weight is 458 g/mol. The van der Waals surface area contributed by atoms with Crippen LogP contribution in [0.4, 0.5) is 10.1 Å². The second-order valence-electron chi connectivity index (χ2n) is 7.35. The molecule has 4 rings (SSSR count). The molecule has 0 bridgehead atoms. The third-order valence-electron chi connectivity index (χ3n) is 5.14. The van der Waals surface area contributed by atoms with Crippen LogP contribution in [0.15, 0.2) is 97.1 Å². The Kier molecular flexibility index (Phi) is 6.86. The highest BCUT2D eigenvalue weighted by atomic mass is 35.5. The summed E-state index contributed by atoms with van der Waals surface area (Å²) in [7, 11) is 1.52. The highest BCUT2D eigenvalue weighted by molar-refractivity contribution is 6.32. The zero-order chi connectivity index (χ0) is 23.2. The molecule has 3 nitrogen and oxygen atoms in total. The van der Waals surface area contributed by atoms with Crippen LogP contribution in [0.5, 0.6) is 5.75 Å². The van der Waals surface area contributed by atoms with Crippen LogP contribution in [-0.4, -0.2) is 13.0 Å². The van der Waals surface area contributed by atoms with Crippen molar-refractivity contribution in [3.05, 3.63) is 119 Å². The van der Waals surface area contributed by atoms with E-state index in [4.69, 9.17) is 16.3 Å². The number of hydrogen-bond acceptors (Lipinski definition) is 2. The third-order valence-corrected chi connectivity index (χ3v) is 5.37. The fourth-order valence-corrected chi connectivity index (χ4v) is 3.62. The standard InChI is InChI=1S/C28H21ClFNO2/c1-33-27-16-13-23(29)18-26(27)31-28(32)25(17-19-7-14-24(30)15-8-19)22-11-9-21(10-12-22)20-5-3-2-4-6-20/h2-18H,1H3,(H,31,32). The molecule has 164 valence electrons. The van der Waals surface area contributed by atoms with Crippen molar-refractivity contribution >= 4 is 34.8 Å². The molecule has 0 aliphatic carbocycles. The number of carbonyl (C=O) groups excluding carboxylic acids is 1. The number of methoxy groups -OCH3 is 1. The van der Waals surface area contributed by atoms with Crippen molar-refractivity contribution in [1.29, 1.82) is 0 Å². The number of halogens is 2. The summed E-state index contributed by atoms with van der Waals surface area (Å²) in [5.74, 6) is -0.185. The number of benzene rings is 4. The van der Waals surface area contributed by atoms with E-state index in [0.29, 0.717) is 27.6 Å². The van der Waals surface area contributed by atoms with Gasteiger partial charge in [-0.2, -0.15) is 0 Å². The summed E-state index contributed by atoms with van der Waals surface area (Å²) >= 11 is 6.12. The molecule has 4 aromatic rings. The van der Waals surface area contributed by atoms with Crippen LogP contribution in [-0.2, 0) is 4.79 Å². The zero-order valence-electron chi connectivity index (χ0n) is 17.9. The normalized spacial score (nSPS) is 11.2. The van der Waals surface area contributed by atoms with E-state index in [1.54, 1.807) is 36.4 Å². The van der Waals surface area contributed by atoms with Crippen molar-refractivity contribution in [2.45, 2.75) is 0 Å². The van der Waals surface area contributed by atoms with E-state index in [1.807, 2.05) is 54.6 Å². The summed E-state index contributed by atoms with van der Waals surface area (Å²) in [6.07, 6.45) is 1.73. The van der Waals surface area contributed by atoms with Gasteiger partial charge in [0, 0.05) is 10.6 Å². The number of carbonyl (C=O) groups is 1. The Labute approximate surface area is 197 Å². The molecule has 1 amide bonds. The van der Waals surface area contributed by atoms with Crippen LogP contribution in [0, 0.1) is 5.82 Å². The van der Waals surface area contributed by atoms with Gasteiger partial charge in [-0.3, -0.25) is 4.79 Å². The summed E-state index contributed by atoms with van der Waals surface area (Å²) in [6.45, 7) is 0. The van der Waals surface area contributed by atoms with E-state index in [0.717, 1.165) is 16.7 Å². The van der Waals surface area contributed by atoms with Gasteiger partial charge in [0.1, 0.15) is 11.6 Å². The molecule has 0 aliphatic rings. The predicted molar refractivity (Wildman–Crippen MR) is 133 cm³/mol. The highest BCUT2D eigenvalue weighted by Gasteiger charge is 2.16. The van der Waals surface area contributed by atoms with Crippen LogP contribution < -0.4 is 10.1 Å². The largest absolute Gasteiger partial charge is 0.495 e. The topological polar surface area (TPSA) is 38.3 Å².